The molecule has 158 valence electrons. The average Bonchev–Trinajstić information content (AvgIpc) is 2.86. The van der Waals surface area contributed by atoms with E-state index in [2.05, 4.69) is 27.7 Å². The Hall–Kier alpha value is -1.12. The van der Waals surface area contributed by atoms with Crippen LogP contribution < -0.4 is 15.9 Å². The van der Waals surface area contributed by atoms with E-state index < -0.39 is 18.3 Å². The van der Waals surface area contributed by atoms with Crippen LogP contribution in [0.3, 0.4) is 0 Å². The molecule has 3 aromatic rings. The molecule has 0 atom stereocenters. The van der Waals surface area contributed by atoms with Gasteiger partial charge >= 0.3 is 194 Å². The molecule has 0 N–H and O–H groups in total. The SMILES string of the molecule is CC1(C)OP(c2ccc(Cl)cc2)(c2ccc(Cl)cc2)(c2ccc(Cl)cc2)OC1(C)C. The van der Waals surface area contributed by atoms with E-state index in [0.29, 0.717) is 15.1 Å². The van der Waals surface area contributed by atoms with E-state index >= 15 is 0 Å². The van der Waals surface area contributed by atoms with Crippen LogP contribution in [-0.4, -0.2) is 11.2 Å². The van der Waals surface area contributed by atoms with Gasteiger partial charge in [0.15, 0.2) is 0 Å². The summed E-state index contributed by atoms with van der Waals surface area (Å²) in [6, 6.07) is 23.3. The van der Waals surface area contributed by atoms with Crippen LogP contribution in [0.1, 0.15) is 27.7 Å². The Kier molecular flexibility index (Phi) is 5.30. The summed E-state index contributed by atoms with van der Waals surface area (Å²) in [4.78, 5) is 0. The first-order chi connectivity index (χ1) is 14.0. The van der Waals surface area contributed by atoms with Crippen LogP contribution in [-0.2, 0) is 9.05 Å². The summed E-state index contributed by atoms with van der Waals surface area (Å²) >= 11 is 18.8. The quantitative estimate of drug-likeness (QED) is 0.378. The molecule has 0 aliphatic carbocycles. The monoisotopic (exact) mass is 480 g/mol. The van der Waals surface area contributed by atoms with Crippen molar-refractivity contribution < 1.29 is 9.05 Å². The standard InChI is InChI=1S/C24H24Cl3O2P/c1-23(2)24(3,4)29-30(28-23,20-11-5-17(25)6-12-20,21-13-7-18(26)8-14-21)22-15-9-19(27)10-16-22/h5-16H,1-4H3. The number of halogens is 3. The molecule has 1 aliphatic rings. The van der Waals surface area contributed by atoms with Crippen molar-refractivity contribution in [3.05, 3.63) is 87.9 Å². The predicted molar refractivity (Wildman–Crippen MR) is 131 cm³/mol. The van der Waals surface area contributed by atoms with Crippen LogP contribution in [0.25, 0.3) is 0 Å². The van der Waals surface area contributed by atoms with Crippen LogP contribution in [0, 0.1) is 0 Å². The van der Waals surface area contributed by atoms with Gasteiger partial charge in [-0.1, -0.05) is 0 Å². The van der Waals surface area contributed by atoms with E-state index in [1.807, 2.05) is 72.8 Å². The summed E-state index contributed by atoms with van der Waals surface area (Å²) in [6.07, 6.45) is 0. The minimum absolute atomic E-state index is 0.580. The third-order valence-electron chi connectivity index (χ3n) is 6.14. The molecule has 0 aromatic heterocycles. The second-order valence-corrected chi connectivity index (χ2v) is 13.7. The zero-order valence-electron chi connectivity index (χ0n) is 17.3. The van der Waals surface area contributed by atoms with Crippen molar-refractivity contribution >= 4 is 57.8 Å². The van der Waals surface area contributed by atoms with Crippen LogP contribution in [0.15, 0.2) is 72.8 Å². The van der Waals surface area contributed by atoms with E-state index in [4.69, 9.17) is 43.9 Å². The summed E-state index contributed by atoms with van der Waals surface area (Å²) in [5, 5.41) is 4.78. The van der Waals surface area contributed by atoms with Gasteiger partial charge in [-0.15, -0.1) is 0 Å². The Balaban J connectivity index is 2.18. The summed E-state index contributed by atoms with van der Waals surface area (Å²) in [5.41, 5.74) is -1.16. The Labute approximate surface area is 193 Å². The Morgan fingerprint density at radius 1 is 0.500 bits per heavy atom. The van der Waals surface area contributed by atoms with Crippen molar-refractivity contribution in [1.82, 2.24) is 0 Å². The van der Waals surface area contributed by atoms with Gasteiger partial charge in [-0.25, -0.2) is 0 Å². The summed E-state index contributed by atoms with van der Waals surface area (Å²) < 4.78 is 14.4. The van der Waals surface area contributed by atoms with E-state index in [1.165, 1.54) is 0 Å². The summed E-state index contributed by atoms with van der Waals surface area (Å²) in [5.74, 6) is 0. The molecule has 2 nitrogen and oxygen atoms in total. The fourth-order valence-electron chi connectivity index (χ4n) is 4.01. The summed E-state index contributed by atoms with van der Waals surface area (Å²) in [6.45, 7) is 8.29. The van der Waals surface area contributed by atoms with Gasteiger partial charge in [-0.3, -0.25) is 0 Å². The molecule has 0 spiro atoms. The van der Waals surface area contributed by atoms with Gasteiger partial charge in [-0.2, -0.15) is 0 Å². The van der Waals surface area contributed by atoms with Crippen molar-refractivity contribution in [2.75, 3.05) is 0 Å². The van der Waals surface area contributed by atoms with Gasteiger partial charge in [0, 0.05) is 0 Å². The zero-order chi connectivity index (χ0) is 21.8. The number of rotatable bonds is 3. The minimum atomic E-state index is -3.85. The maximum absolute atomic E-state index is 7.20. The molecule has 4 rings (SSSR count). The van der Waals surface area contributed by atoms with E-state index in [1.54, 1.807) is 0 Å². The molecule has 0 amide bonds. The number of hydrogen-bond donors (Lipinski definition) is 0. The van der Waals surface area contributed by atoms with Crippen molar-refractivity contribution in [3.8, 4) is 0 Å². The predicted octanol–water partition coefficient (Wildman–Crippen LogP) is 6.91. The second-order valence-electron chi connectivity index (χ2n) is 8.59. The van der Waals surface area contributed by atoms with Gasteiger partial charge in [0.2, 0.25) is 0 Å². The molecule has 1 saturated heterocycles. The van der Waals surface area contributed by atoms with Crippen molar-refractivity contribution in [2.45, 2.75) is 38.9 Å². The third-order valence-corrected chi connectivity index (χ3v) is 12.2. The number of benzene rings is 3. The molecule has 1 heterocycles. The van der Waals surface area contributed by atoms with Crippen LogP contribution in [0.4, 0.5) is 0 Å². The maximum atomic E-state index is 7.20. The Morgan fingerprint density at radius 3 is 0.967 bits per heavy atom. The molecule has 0 radical (unpaired) electrons. The zero-order valence-corrected chi connectivity index (χ0v) is 20.5. The average molecular weight is 482 g/mol. The van der Waals surface area contributed by atoms with Gasteiger partial charge in [-0.05, 0) is 0 Å². The molecule has 1 fully saturated rings. The van der Waals surface area contributed by atoms with Gasteiger partial charge in [0.25, 0.3) is 0 Å². The normalized spacial score (nSPS) is 22.2. The molecule has 1 aliphatic heterocycles. The first kappa shape index (κ1) is 22.1. The van der Waals surface area contributed by atoms with Crippen molar-refractivity contribution in [1.29, 1.82) is 0 Å². The molecular weight excluding hydrogens is 458 g/mol. The topological polar surface area (TPSA) is 18.5 Å². The van der Waals surface area contributed by atoms with Gasteiger partial charge < -0.3 is 0 Å². The molecule has 0 saturated carbocycles. The molecule has 3 aromatic carbocycles. The molecule has 0 unspecified atom stereocenters. The van der Waals surface area contributed by atoms with Crippen molar-refractivity contribution in [2.24, 2.45) is 0 Å². The molecule has 30 heavy (non-hydrogen) atoms. The fourth-order valence-corrected chi connectivity index (χ4v) is 10.2. The molecular formula is C24H24Cl3O2P. The Bertz CT molecular complexity index is 941. The van der Waals surface area contributed by atoms with Crippen LogP contribution >= 0.6 is 41.9 Å². The van der Waals surface area contributed by atoms with Gasteiger partial charge in [0.1, 0.15) is 0 Å². The molecule has 6 heteroatoms. The number of hydrogen-bond acceptors (Lipinski definition) is 2. The van der Waals surface area contributed by atoms with E-state index in [-0.39, 0.29) is 0 Å². The molecule has 0 bridgehead atoms. The van der Waals surface area contributed by atoms with Gasteiger partial charge in [0.05, 0.1) is 0 Å². The fraction of sp³-hybridized carbons (Fsp3) is 0.250. The van der Waals surface area contributed by atoms with E-state index in [0.717, 1.165) is 15.9 Å². The third kappa shape index (κ3) is 3.13. The first-order valence-corrected chi connectivity index (χ1v) is 12.9. The summed E-state index contributed by atoms with van der Waals surface area (Å²) in [7, 11) is -3.85. The van der Waals surface area contributed by atoms with E-state index in [9.17, 15) is 0 Å². The Morgan fingerprint density at radius 2 is 0.733 bits per heavy atom. The second kappa shape index (κ2) is 7.20. The van der Waals surface area contributed by atoms with Crippen LogP contribution in [0.2, 0.25) is 15.1 Å². The van der Waals surface area contributed by atoms with Crippen molar-refractivity contribution in [3.63, 3.8) is 0 Å². The first-order valence-electron chi connectivity index (χ1n) is 9.73. The van der Waals surface area contributed by atoms with Crippen LogP contribution in [0.5, 0.6) is 0 Å².